The van der Waals surface area contributed by atoms with E-state index in [1.54, 1.807) is 4.90 Å². The minimum atomic E-state index is -0.565. The maximum atomic E-state index is 13.1. The van der Waals surface area contributed by atoms with E-state index in [4.69, 9.17) is 4.74 Å². The number of phenolic OH excluding ortho intramolecular Hbond substituents is 1. The zero-order valence-corrected chi connectivity index (χ0v) is 12.5. The van der Waals surface area contributed by atoms with Crippen molar-refractivity contribution in [3.8, 4) is 5.75 Å². The van der Waals surface area contributed by atoms with Gasteiger partial charge in [0.25, 0.3) is 5.91 Å². The molecule has 1 atom stereocenters. The number of hydrogen-bond donors (Lipinski definition) is 1. The van der Waals surface area contributed by atoms with Crippen molar-refractivity contribution in [2.45, 2.75) is 18.6 Å². The normalized spacial score (nSPS) is 22.6. The molecule has 0 saturated carbocycles. The van der Waals surface area contributed by atoms with E-state index in [1.807, 2.05) is 24.3 Å². The van der Waals surface area contributed by atoms with Gasteiger partial charge in [-0.05, 0) is 29.7 Å². The van der Waals surface area contributed by atoms with Crippen LogP contribution in [0.1, 0.15) is 27.9 Å². The number of rotatable bonds is 1. The summed E-state index contributed by atoms with van der Waals surface area (Å²) in [4.78, 5) is 14.3. The molecule has 118 valence electrons. The topological polar surface area (TPSA) is 49.8 Å². The molecule has 2 aliphatic heterocycles. The number of carbonyl (C=O) groups excluding carboxylic acids is 1. The molecule has 1 amide bonds. The van der Waals surface area contributed by atoms with Crippen LogP contribution in [0.4, 0.5) is 4.39 Å². The first-order valence-electron chi connectivity index (χ1n) is 7.59. The van der Waals surface area contributed by atoms with Crippen molar-refractivity contribution >= 4 is 5.91 Å². The number of ether oxygens (including phenoxy) is 1. The lowest BCUT2D eigenvalue weighted by molar-refractivity contribution is -0.0283. The molecule has 23 heavy (non-hydrogen) atoms. The van der Waals surface area contributed by atoms with E-state index in [-0.39, 0.29) is 17.2 Å². The molecule has 0 bridgehead atoms. The molecule has 0 unspecified atom stereocenters. The van der Waals surface area contributed by atoms with Gasteiger partial charge in [0.2, 0.25) is 0 Å². The number of carbonyl (C=O) groups is 1. The molecule has 1 saturated heterocycles. The van der Waals surface area contributed by atoms with Crippen molar-refractivity contribution in [1.82, 2.24) is 4.90 Å². The lowest BCUT2D eigenvalue weighted by Gasteiger charge is -2.25. The van der Waals surface area contributed by atoms with Gasteiger partial charge in [-0.25, -0.2) is 4.39 Å². The Balaban J connectivity index is 1.61. The average molecular weight is 313 g/mol. The first-order valence-corrected chi connectivity index (χ1v) is 7.59. The van der Waals surface area contributed by atoms with Crippen LogP contribution in [0.3, 0.4) is 0 Å². The molecular formula is C18H16FNO3. The van der Waals surface area contributed by atoms with Crippen LogP contribution < -0.4 is 0 Å². The van der Waals surface area contributed by atoms with Gasteiger partial charge in [0, 0.05) is 12.6 Å². The fraction of sp³-hybridized carbons (Fsp3) is 0.278. The predicted molar refractivity (Wildman–Crippen MR) is 81.5 cm³/mol. The summed E-state index contributed by atoms with van der Waals surface area (Å²) in [6.45, 7) is 1.55. The molecule has 0 radical (unpaired) electrons. The number of hydrogen-bond acceptors (Lipinski definition) is 3. The number of benzene rings is 2. The molecule has 4 nitrogen and oxygen atoms in total. The van der Waals surface area contributed by atoms with Crippen LogP contribution in [-0.2, 0) is 16.9 Å². The summed E-state index contributed by atoms with van der Waals surface area (Å²) in [6, 6.07) is 11.5. The maximum absolute atomic E-state index is 13.1. The Labute approximate surface area is 133 Å². The number of likely N-dealkylation sites (tertiary alicyclic amines) is 1. The minimum Gasteiger partial charge on any atom is -0.507 e. The van der Waals surface area contributed by atoms with Crippen LogP contribution in [-0.4, -0.2) is 29.0 Å². The van der Waals surface area contributed by atoms with Crippen LogP contribution >= 0.6 is 0 Å². The molecule has 0 aromatic heterocycles. The first kappa shape index (κ1) is 14.2. The summed E-state index contributed by atoms with van der Waals surface area (Å²) >= 11 is 0. The standard InChI is InChI=1S/C18H16FNO3/c19-13-5-6-14(16(21)9-13)17(22)20-8-7-18(11-20)15-4-2-1-3-12(15)10-23-18/h1-6,9,21H,7-8,10-11H2/t18-/m1/s1. The van der Waals surface area contributed by atoms with Crippen LogP contribution in [0.15, 0.2) is 42.5 Å². The van der Waals surface area contributed by atoms with E-state index in [2.05, 4.69) is 0 Å². The van der Waals surface area contributed by atoms with E-state index < -0.39 is 11.4 Å². The molecule has 4 rings (SSSR count). The van der Waals surface area contributed by atoms with Crippen LogP contribution in [0, 0.1) is 5.82 Å². The van der Waals surface area contributed by atoms with E-state index >= 15 is 0 Å². The lowest BCUT2D eigenvalue weighted by Crippen LogP contribution is -2.34. The molecule has 1 spiro atoms. The summed E-state index contributed by atoms with van der Waals surface area (Å²) in [6.07, 6.45) is 0.720. The van der Waals surface area contributed by atoms with Gasteiger partial charge in [-0.3, -0.25) is 4.79 Å². The Morgan fingerprint density at radius 3 is 2.91 bits per heavy atom. The second kappa shape index (κ2) is 5.06. The third-order valence-corrected chi connectivity index (χ3v) is 4.72. The Bertz CT molecular complexity index is 792. The molecule has 2 aliphatic rings. The van der Waals surface area contributed by atoms with Crippen LogP contribution in [0.5, 0.6) is 5.75 Å². The van der Waals surface area contributed by atoms with Crippen LogP contribution in [0.25, 0.3) is 0 Å². The molecular weight excluding hydrogens is 297 g/mol. The van der Waals surface area contributed by atoms with E-state index in [0.29, 0.717) is 19.7 Å². The third-order valence-electron chi connectivity index (χ3n) is 4.72. The summed E-state index contributed by atoms with van der Waals surface area (Å²) in [5, 5.41) is 9.82. The van der Waals surface area contributed by atoms with Gasteiger partial charge in [0.1, 0.15) is 17.2 Å². The van der Waals surface area contributed by atoms with Gasteiger partial charge in [-0.2, -0.15) is 0 Å². The zero-order valence-electron chi connectivity index (χ0n) is 12.5. The minimum absolute atomic E-state index is 0.120. The molecule has 2 aromatic rings. The largest absolute Gasteiger partial charge is 0.507 e. The number of halogens is 1. The Kier molecular flexibility index (Phi) is 3.13. The molecule has 2 heterocycles. The van der Waals surface area contributed by atoms with Gasteiger partial charge in [0.15, 0.2) is 0 Å². The van der Waals surface area contributed by atoms with E-state index in [1.165, 1.54) is 12.1 Å². The van der Waals surface area contributed by atoms with E-state index in [9.17, 15) is 14.3 Å². The smallest absolute Gasteiger partial charge is 0.257 e. The van der Waals surface area contributed by atoms with Crippen molar-refractivity contribution in [2.75, 3.05) is 13.1 Å². The Hall–Kier alpha value is -2.40. The SMILES string of the molecule is O=C(c1ccc(F)cc1O)N1CC[C@]2(C1)OCc1ccccc12. The fourth-order valence-corrected chi connectivity index (χ4v) is 3.53. The highest BCUT2D eigenvalue weighted by molar-refractivity contribution is 5.97. The monoisotopic (exact) mass is 313 g/mol. The van der Waals surface area contributed by atoms with Crippen molar-refractivity contribution < 1.29 is 19.0 Å². The highest BCUT2D eigenvalue weighted by atomic mass is 19.1. The fourth-order valence-electron chi connectivity index (χ4n) is 3.53. The maximum Gasteiger partial charge on any atom is 0.257 e. The van der Waals surface area contributed by atoms with E-state index in [0.717, 1.165) is 23.6 Å². The highest BCUT2D eigenvalue weighted by Crippen LogP contribution is 2.43. The Morgan fingerprint density at radius 1 is 1.26 bits per heavy atom. The van der Waals surface area contributed by atoms with Crippen molar-refractivity contribution in [3.05, 3.63) is 65.0 Å². The quantitative estimate of drug-likeness (QED) is 0.881. The molecule has 5 heteroatoms. The second-order valence-electron chi connectivity index (χ2n) is 6.08. The van der Waals surface area contributed by atoms with Crippen molar-refractivity contribution in [2.24, 2.45) is 0 Å². The Morgan fingerprint density at radius 2 is 2.09 bits per heavy atom. The predicted octanol–water partition coefficient (Wildman–Crippen LogP) is 2.80. The number of amides is 1. The molecule has 1 N–H and O–H groups in total. The number of aromatic hydroxyl groups is 1. The lowest BCUT2D eigenvalue weighted by atomic mass is 9.92. The molecule has 0 aliphatic carbocycles. The van der Waals surface area contributed by atoms with Gasteiger partial charge < -0.3 is 14.7 Å². The number of fused-ring (bicyclic) bond motifs is 2. The summed E-state index contributed by atoms with van der Waals surface area (Å²) in [5.74, 6) is -1.19. The van der Waals surface area contributed by atoms with Gasteiger partial charge in [0.05, 0.1) is 18.7 Å². The first-order chi connectivity index (χ1) is 11.1. The van der Waals surface area contributed by atoms with Crippen molar-refractivity contribution in [1.29, 1.82) is 0 Å². The average Bonchev–Trinajstić information content (AvgIpc) is 3.13. The second-order valence-corrected chi connectivity index (χ2v) is 6.08. The van der Waals surface area contributed by atoms with Gasteiger partial charge in [-0.1, -0.05) is 24.3 Å². The summed E-state index contributed by atoms with van der Waals surface area (Å²) in [7, 11) is 0. The number of nitrogens with zero attached hydrogens (tertiary/aromatic N) is 1. The zero-order chi connectivity index (χ0) is 16.0. The summed E-state index contributed by atoms with van der Waals surface area (Å²) in [5.41, 5.74) is 1.96. The van der Waals surface area contributed by atoms with Gasteiger partial charge >= 0.3 is 0 Å². The highest BCUT2D eigenvalue weighted by Gasteiger charge is 2.46. The third kappa shape index (κ3) is 2.19. The van der Waals surface area contributed by atoms with Crippen LogP contribution in [0.2, 0.25) is 0 Å². The van der Waals surface area contributed by atoms with Crippen molar-refractivity contribution in [3.63, 3.8) is 0 Å². The molecule has 1 fully saturated rings. The van der Waals surface area contributed by atoms with Gasteiger partial charge in [-0.15, -0.1) is 0 Å². The number of phenols is 1. The molecule has 2 aromatic carbocycles. The summed E-state index contributed by atoms with van der Waals surface area (Å²) < 4.78 is 19.1.